The van der Waals surface area contributed by atoms with Crippen molar-refractivity contribution in [2.45, 2.75) is 57.7 Å². The normalized spacial score (nSPS) is 21.2. The van der Waals surface area contributed by atoms with Gasteiger partial charge in [0, 0.05) is 25.7 Å². The molecule has 3 rings (SSSR count). The van der Waals surface area contributed by atoms with Crippen molar-refractivity contribution < 1.29 is 4.79 Å². The van der Waals surface area contributed by atoms with Gasteiger partial charge in [0.15, 0.2) is 0 Å². The summed E-state index contributed by atoms with van der Waals surface area (Å²) in [4.78, 5) is 14.8. The van der Waals surface area contributed by atoms with Gasteiger partial charge in [0.1, 0.15) is 0 Å². The second-order valence-corrected chi connectivity index (χ2v) is 6.80. The molecule has 142 valence electrons. The lowest BCUT2D eigenvalue weighted by atomic mass is 9.98. The average molecular weight is 388 g/mol. The number of piperidine rings is 1. The summed E-state index contributed by atoms with van der Waals surface area (Å²) in [7, 11) is 0. The summed E-state index contributed by atoms with van der Waals surface area (Å²) in [6.45, 7) is 6.05. The van der Waals surface area contributed by atoms with Crippen LogP contribution in [0.15, 0.2) is 24.3 Å². The summed E-state index contributed by atoms with van der Waals surface area (Å²) in [5.41, 5.74) is 2.92. The van der Waals surface area contributed by atoms with Gasteiger partial charge >= 0.3 is 0 Å². The molecule has 0 bridgehead atoms. The van der Waals surface area contributed by atoms with Crippen LogP contribution in [0.4, 0.5) is 0 Å². The van der Waals surface area contributed by atoms with Crippen molar-refractivity contribution in [1.29, 1.82) is 0 Å². The van der Waals surface area contributed by atoms with Gasteiger partial charge < -0.3 is 10.6 Å². The Bertz CT molecular complexity index is 535. The zero-order chi connectivity index (χ0) is 16.1. The van der Waals surface area contributed by atoms with Crippen molar-refractivity contribution >= 4 is 30.7 Å². The number of benzene rings is 1. The third kappa shape index (κ3) is 5.85. The summed E-state index contributed by atoms with van der Waals surface area (Å²) < 4.78 is 0. The summed E-state index contributed by atoms with van der Waals surface area (Å²) in [6.07, 6.45) is 5.50. The highest BCUT2D eigenvalue weighted by atomic mass is 35.5. The van der Waals surface area contributed by atoms with Crippen LogP contribution >= 0.6 is 24.8 Å². The zero-order valence-corrected chi connectivity index (χ0v) is 16.6. The molecule has 1 amide bonds. The van der Waals surface area contributed by atoms with E-state index in [0.29, 0.717) is 6.04 Å². The van der Waals surface area contributed by atoms with Gasteiger partial charge in [-0.3, -0.25) is 9.69 Å². The second-order valence-electron chi connectivity index (χ2n) is 6.80. The van der Waals surface area contributed by atoms with Gasteiger partial charge in [0.25, 0.3) is 0 Å². The molecular formula is C19H31Cl2N3O. The standard InChI is InChI=1S/C19H29N3O.2ClH/c1-2-17(13-21-19(23)18-9-5-6-11-20-18)22-12-10-15-7-3-4-8-16(15)14-22;;/h3-4,7-8,17-18,20H,2,5-6,9-14H2,1H3,(H,21,23);2*1H/t17?,18-;;/m1../s1. The first-order valence-electron chi connectivity index (χ1n) is 9.10. The molecule has 1 fully saturated rings. The predicted molar refractivity (Wildman–Crippen MR) is 108 cm³/mol. The lowest BCUT2D eigenvalue weighted by Crippen LogP contribution is -2.51. The summed E-state index contributed by atoms with van der Waals surface area (Å²) in [6, 6.07) is 9.17. The Labute approximate surface area is 163 Å². The second kappa shape index (κ2) is 11.0. The van der Waals surface area contributed by atoms with Crippen LogP contribution < -0.4 is 10.6 Å². The van der Waals surface area contributed by atoms with Crippen LogP contribution in [0.25, 0.3) is 0 Å². The highest BCUT2D eigenvalue weighted by Gasteiger charge is 2.25. The number of fused-ring (bicyclic) bond motifs is 1. The molecule has 0 radical (unpaired) electrons. The van der Waals surface area contributed by atoms with E-state index in [1.165, 1.54) is 17.5 Å². The third-order valence-corrected chi connectivity index (χ3v) is 5.29. The van der Waals surface area contributed by atoms with E-state index in [2.05, 4.69) is 46.7 Å². The Hall–Kier alpha value is -0.810. The van der Waals surface area contributed by atoms with Crippen molar-refractivity contribution in [3.05, 3.63) is 35.4 Å². The minimum atomic E-state index is 0. The van der Waals surface area contributed by atoms with E-state index in [-0.39, 0.29) is 36.8 Å². The van der Waals surface area contributed by atoms with Gasteiger partial charge in [-0.15, -0.1) is 24.8 Å². The Morgan fingerprint density at radius 3 is 2.72 bits per heavy atom. The maximum Gasteiger partial charge on any atom is 0.237 e. The quantitative estimate of drug-likeness (QED) is 0.815. The number of halogens is 2. The number of amides is 1. The van der Waals surface area contributed by atoms with E-state index in [4.69, 9.17) is 0 Å². The first kappa shape index (κ1) is 22.2. The number of carbonyl (C=O) groups excluding carboxylic acids is 1. The molecule has 0 spiro atoms. The molecule has 0 saturated carbocycles. The Morgan fingerprint density at radius 1 is 1.28 bits per heavy atom. The third-order valence-electron chi connectivity index (χ3n) is 5.29. The molecule has 25 heavy (non-hydrogen) atoms. The van der Waals surface area contributed by atoms with Gasteiger partial charge in [0.2, 0.25) is 5.91 Å². The highest BCUT2D eigenvalue weighted by molar-refractivity contribution is 5.85. The largest absolute Gasteiger partial charge is 0.353 e. The van der Waals surface area contributed by atoms with Gasteiger partial charge in [-0.25, -0.2) is 0 Å². The number of carbonyl (C=O) groups is 1. The first-order valence-corrected chi connectivity index (χ1v) is 9.10. The lowest BCUT2D eigenvalue weighted by Gasteiger charge is -2.35. The van der Waals surface area contributed by atoms with Gasteiger partial charge in [-0.05, 0) is 43.4 Å². The van der Waals surface area contributed by atoms with Crippen molar-refractivity contribution in [2.75, 3.05) is 19.6 Å². The maximum atomic E-state index is 12.3. The van der Waals surface area contributed by atoms with E-state index < -0.39 is 0 Å². The summed E-state index contributed by atoms with van der Waals surface area (Å²) in [5, 5.41) is 6.51. The van der Waals surface area contributed by atoms with Crippen molar-refractivity contribution in [2.24, 2.45) is 0 Å². The lowest BCUT2D eigenvalue weighted by molar-refractivity contribution is -0.123. The minimum absolute atomic E-state index is 0. The highest BCUT2D eigenvalue weighted by Crippen LogP contribution is 2.21. The van der Waals surface area contributed by atoms with Crippen LogP contribution in [0, 0.1) is 0 Å². The molecule has 0 aliphatic carbocycles. The molecule has 2 aliphatic heterocycles. The molecule has 4 nitrogen and oxygen atoms in total. The number of hydrogen-bond acceptors (Lipinski definition) is 3. The monoisotopic (exact) mass is 387 g/mol. The van der Waals surface area contributed by atoms with E-state index in [1.807, 2.05) is 0 Å². The van der Waals surface area contributed by atoms with E-state index >= 15 is 0 Å². The number of nitrogens with zero attached hydrogens (tertiary/aromatic N) is 1. The van der Waals surface area contributed by atoms with Gasteiger partial charge in [-0.1, -0.05) is 37.6 Å². The van der Waals surface area contributed by atoms with Crippen molar-refractivity contribution in [1.82, 2.24) is 15.5 Å². The molecule has 1 saturated heterocycles. The van der Waals surface area contributed by atoms with Crippen LogP contribution in [-0.2, 0) is 17.8 Å². The van der Waals surface area contributed by atoms with Crippen LogP contribution in [-0.4, -0.2) is 42.5 Å². The van der Waals surface area contributed by atoms with Crippen LogP contribution in [0.5, 0.6) is 0 Å². The number of nitrogens with one attached hydrogen (secondary N) is 2. The fourth-order valence-electron chi connectivity index (χ4n) is 3.78. The van der Waals surface area contributed by atoms with E-state index in [0.717, 1.165) is 51.9 Å². The van der Waals surface area contributed by atoms with E-state index in [9.17, 15) is 4.79 Å². The van der Waals surface area contributed by atoms with Crippen molar-refractivity contribution in [3.63, 3.8) is 0 Å². The molecule has 0 aromatic heterocycles. The van der Waals surface area contributed by atoms with Gasteiger partial charge in [0.05, 0.1) is 6.04 Å². The molecule has 1 aromatic carbocycles. The van der Waals surface area contributed by atoms with E-state index in [1.54, 1.807) is 0 Å². The van der Waals surface area contributed by atoms with Crippen LogP contribution in [0.2, 0.25) is 0 Å². The predicted octanol–water partition coefficient (Wildman–Crippen LogP) is 2.93. The summed E-state index contributed by atoms with van der Waals surface area (Å²) in [5.74, 6) is 0.181. The van der Waals surface area contributed by atoms with Gasteiger partial charge in [-0.2, -0.15) is 0 Å². The molecular weight excluding hydrogens is 357 g/mol. The molecule has 2 heterocycles. The molecule has 2 aliphatic rings. The molecule has 6 heteroatoms. The Kier molecular flexibility index (Phi) is 9.80. The number of rotatable bonds is 5. The molecule has 1 aromatic rings. The topological polar surface area (TPSA) is 44.4 Å². The molecule has 2 N–H and O–H groups in total. The van der Waals surface area contributed by atoms with Crippen LogP contribution in [0.3, 0.4) is 0 Å². The SMILES string of the molecule is CCC(CNC(=O)[C@H]1CCCCN1)N1CCc2ccccc2C1.Cl.Cl. The Balaban J connectivity index is 0.00000156. The minimum Gasteiger partial charge on any atom is -0.353 e. The summed E-state index contributed by atoms with van der Waals surface area (Å²) >= 11 is 0. The van der Waals surface area contributed by atoms with Crippen LogP contribution in [0.1, 0.15) is 43.7 Å². The molecule has 2 atom stereocenters. The maximum absolute atomic E-state index is 12.3. The zero-order valence-electron chi connectivity index (χ0n) is 15.0. The smallest absolute Gasteiger partial charge is 0.237 e. The average Bonchev–Trinajstić information content (AvgIpc) is 2.62. The fraction of sp³-hybridized carbons (Fsp3) is 0.632. The van der Waals surface area contributed by atoms with Crippen molar-refractivity contribution in [3.8, 4) is 0 Å². The number of hydrogen-bond donors (Lipinski definition) is 2. The first-order chi connectivity index (χ1) is 11.3. The molecule has 1 unspecified atom stereocenters. The Morgan fingerprint density at radius 2 is 2.04 bits per heavy atom. The fourth-order valence-corrected chi connectivity index (χ4v) is 3.78.